The number of hydrogen-bond acceptors (Lipinski definition) is 3. The van der Waals surface area contributed by atoms with Crippen LogP contribution < -0.4 is 4.90 Å². The average Bonchev–Trinajstić information content (AvgIpc) is 2.56. The summed E-state index contributed by atoms with van der Waals surface area (Å²) in [7, 11) is 0. The first-order valence-electron chi connectivity index (χ1n) is 7.03. The smallest absolute Gasteiger partial charge is 0.256 e. The van der Waals surface area contributed by atoms with Gasteiger partial charge < -0.3 is 14.8 Å². The van der Waals surface area contributed by atoms with Crippen molar-refractivity contribution in [3.8, 4) is 0 Å². The maximum atomic E-state index is 12.5. The van der Waals surface area contributed by atoms with Gasteiger partial charge in [-0.2, -0.15) is 0 Å². The largest absolute Gasteiger partial charge is 0.368 e. The molecule has 4 nitrogen and oxygen atoms in total. The van der Waals surface area contributed by atoms with Gasteiger partial charge in [0.25, 0.3) is 5.91 Å². The van der Waals surface area contributed by atoms with Crippen LogP contribution in [0.1, 0.15) is 10.4 Å². The second kappa shape index (κ2) is 6.10. The van der Waals surface area contributed by atoms with Crippen molar-refractivity contribution in [1.29, 1.82) is 0 Å². The Hall–Kier alpha value is -2.14. The van der Waals surface area contributed by atoms with Crippen LogP contribution >= 0.6 is 12.2 Å². The molecule has 0 saturated carbocycles. The number of pyridine rings is 1. The monoisotopic (exact) mass is 299 g/mol. The van der Waals surface area contributed by atoms with Crippen LogP contribution in [0.15, 0.2) is 48.7 Å². The molecule has 108 valence electrons. The maximum Gasteiger partial charge on any atom is 0.256 e. The molecule has 0 radical (unpaired) electrons. The number of nitrogens with zero attached hydrogens (tertiary/aromatic N) is 2. The van der Waals surface area contributed by atoms with E-state index < -0.39 is 0 Å². The minimum Gasteiger partial charge on any atom is -0.368 e. The van der Waals surface area contributed by atoms with Gasteiger partial charge in [0.05, 0.1) is 5.56 Å². The lowest BCUT2D eigenvalue weighted by Crippen LogP contribution is -2.48. The number of carbonyl (C=O) groups is 1. The molecule has 1 amide bonds. The van der Waals surface area contributed by atoms with Gasteiger partial charge >= 0.3 is 0 Å². The van der Waals surface area contributed by atoms with E-state index in [1.807, 2.05) is 29.2 Å². The first-order chi connectivity index (χ1) is 10.3. The summed E-state index contributed by atoms with van der Waals surface area (Å²) in [6.07, 6.45) is 1.74. The molecule has 1 saturated heterocycles. The van der Waals surface area contributed by atoms with E-state index in [-0.39, 0.29) is 5.91 Å². The fraction of sp³-hybridized carbons (Fsp3) is 0.250. The number of rotatable bonds is 2. The number of piperazine rings is 1. The van der Waals surface area contributed by atoms with Crippen molar-refractivity contribution in [1.82, 2.24) is 9.88 Å². The number of H-pyrrole nitrogens is 1. The van der Waals surface area contributed by atoms with Gasteiger partial charge in [0.15, 0.2) is 0 Å². The summed E-state index contributed by atoms with van der Waals surface area (Å²) < 4.78 is 0.507. The fourth-order valence-corrected chi connectivity index (χ4v) is 2.79. The fourth-order valence-electron chi connectivity index (χ4n) is 2.57. The maximum absolute atomic E-state index is 12.5. The van der Waals surface area contributed by atoms with E-state index >= 15 is 0 Å². The Labute approximate surface area is 129 Å². The summed E-state index contributed by atoms with van der Waals surface area (Å²) in [5.41, 5.74) is 1.79. The molecule has 1 aliphatic rings. The number of nitrogens with one attached hydrogen (secondary N) is 1. The molecule has 1 aromatic heterocycles. The van der Waals surface area contributed by atoms with E-state index in [0.717, 1.165) is 26.2 Å². The highest BCUT2D eigenvalue weighted by molar-refractivity contribution is 7.71. The summed E-state index contributed by atoms with van der Waals surface area (Å²) in [5, 5.41) is 0. The SMILES string of the molecule is O=C(c1ccc[nH]c1=S)N1CCN(c2ccccc2)CC1. The van der Waals surface area contributed by atoms with Gasteiger partial charge in [-0.05, 0) is 24.3 Å². The number of carbonyl (C=O) groups excluding carboxylic acids is 1. The minimum atomic E-state index is 0.0181. The number of hydrogen-bond donors (Lipinski definition) is 1. The number of para-hydroxylation sites is 1. The standard InChI is InChI=1S/C16H17N3OS/c20-16(14-7-4-8-17-15(14)21)19-11-9-18(10-12-19)13-5-2-1-3-6-13/h1-8H,9-12H2,(H,17,21). The second-order valence-corrected chi connectivity index (χ2v) is 5.44. The van der Waals surface area contributed by atoms with Crippen molar-refractivity contribution >= 4 is 23.8 Å². The summed E-state index contributed by atoms with van der Waals surface area (Å²) in [6, 6.07) is 13.9. The molecule has 0 unspecified atom stereocenters. The van der Waals surface area contributed by atoms with Gasteiger partial charge in [0.2, 0.25) is 0 Å². The molecule has 0 atom stereocenters. The van der Waals surface area contributed by atoms with Gasteiger partial charge in [-0.3, -0.25) is 4.79 Å². The van der Waals surface area contributed by atoms with Crippen LogP contribution in [0.25, 0.3) is 0 Å². The Kier molecular flexibility index (Phi) is 4.01. The van der Waals surface area contributed by atoms with Crippen molar-refractivity contribution in [2.45, 2.75) is 0 Å². The highest BCUT2D eigenvalue weighted by atomic mass is 32.1. The van der Waals surface area contributed by atoms with Gasteiger partial charge in [-0.15, -0.1) is 0 Å². The molecule has 21 heavy (non-hydrogen) atoms. The Morgan fingerprint density at radius 2 is 1.71 bits per heavy atom. The summed E-state index contributed by atoms with van der Waals surface area (Å²) in [6.45, 7) is 3.13. The lowest BCUT2D eigenvalue weighted by Gasteiger charge is -2.36. The molecule has 0 spiro atoms. The third-order valence-corrected chi connectivity index (χ3v) is 4.07. The zero-order valence-electron chi connectivity index (χ0n) is 11.7. The van der Waals surface area contributed by atoms with Crippen LogP contribution in [0.3, 0.4) is 0 Å². The molecule has 1 fully saturated rings. The molecular weight excluding hydrogens is 282 g/mol. The highest BCUT2D eigenvalue weighted by Gasteiger charge is 2.22. The van der Waals surface area contributed by atoms with Crippen molar-refractivity contribution in [3.63, 3.8) is 0 Å². The molecular formula is C16H17N3OS. The van der Waals surface area contributed by atoms with Crippen LogP contribution in [-0.2, 0) is 0 Å². The number of amides is 1. The predicted octanol–water partition coefficient (Wildman–Crippen LogP) is 2.71. The zero-order chi connectivity index (χ0) is 14.7. The van der Waals surface area contributed by atoms with Gasteiger partial charge in [0.1, 0.15) is 4.64 Å². The molecule has 3 rings (SSSR count). The molecule has 1 aliphatic heterocycles. The zero-order valence-corrected chi connectivity index (χ0v) is 12.5. The third-order valence-electron chi connectivity index (χ3n) is 3.74. The second-order valence-electron chi connectivity index (χ2n) is 5.03. The molecule has 2 aromatic rings. The molecule has 1 N–H and O–H groups in total. The van der Waals surface area contributed by atoms with E-state index in [4.69, 9.17) is 12.2 Å². The summed E-state index contributed by atoms with van der Waals surface area (Å²) in [5.74, 6) is 0.0181. The molecule has 0 aliphatic carbocycles. The van der Waals surface area contributed by atoms with Gasteiger partial charge in [-0.25, -0.2) is 0 Å². The Morgan fingerprint density at radius 1 is 1.00 bits per heavy atom. The molecule has 5 heteroatoms. The van der Waals surface area contributed by atoms with E-state index in [1.54, 1.807) is 12.3 Å². The van der Waals surface area contributed by atoms with Gasteiger partial charge in [-0.1, -0.05) is 30.4 Å². The number of benzene rings is 1. The summed E-state index contributed by atoms with van der Waals surface area (Å²) >= 11 is 5.18. The number of aromatic nitrogens is 1. The molecule has 0 bridgehead atoms. The lowest BCUT2D eigenvalue weighted by atomic mass is 10.2. The van der Waals surface area contributed by atoms with E-state index in [0.29, 0.717) is 10.2 Å². The van der Waals surface area contributed by atoms with Crippen LogP contribution in [0, 0.1) is 4.64 Å². The Balaban J connectivity index is 1.68. The quantitative estimate of drug-likeness (QED) is 0.867. The van der Waals surface area contributed by atoms with Crippen LogP contribution in [0.5, 0.6) is 0 Å². The normalized spacial score (nSPS) is 15.0. The van der Waals surface area contributed by atoms with Gasteiger partial charge in [0, 0.05) is 38.1 Å². The minimum absolute atomic E-state index is 0.0181. The third kappa shape index (κ3) is 2.97. The topological polar surface area (TPSA) is 39.3 Å². The van der Waals surface area contributed by atoms with Crippen molar-refractivity contribution < 1.29 is 4.79 Å². The van der Waals surface area contributed by atoms with E-state index in [9.17, 15) is 4.79 Å². The average molecular weight is 299 g/mol. The predicted molar refractivity (Wildman–Crippen MR) is 86.2 cm³/mol. The molecule has 2 heterocycles. The first-order valence-corrected chi connectivity index (χ1v) is 7.43. The number of aromatic amines is 1. The summed E-state index contributed by atoms with van der Waals surface area (Å²) in [4.78, 5) is 19.6. The van der Waals surface area contributed by atoms with Crippen molar-refractivity contribution in [3.05, 3.63) is 58.9 Å². The van der Waals surface area contributed by atoms with Crippen molar-refractivity contribution in [2.75, 3.05) is 31.1 Å². The van der Waals surface area contributed by atoms with E-state index in [1.165, 1.54) is 5.69 Å². The van der Waals surface area contributed by atoms with Crippen molar-refractivity contribution in [2.24, 2.45) is 0 Å². The van der Waals surface area contributed by atoms with Crippen LogP contribution in [0.4, 0.5) is 5.69 Å². The Morgan fingerprint density at radius 3 is 2.38 bits per heavy atom. The Bertz CT molecular complexity index is 675. The van der Waals surface area contributed by atoms with Crippen LogP contribution in [0.2, 0.25) is 0 Å². The van der Waals surface area contributed by atoms with E-state index in [2.05, 4.69) is 22.0 Å². The van der Waals surface area contributed by atoms with Crippen LogP contribution in [-0.4, -0.2) is 42.0 Å². The first kappa shape index (κ1) is 13.8. The lowest BCUT2D eigenvalue weighted by molar-refractivity contribution is 0.0746. The highest BCUT2D eigenvalue weighted by Crippen LogP contribution is 2.16. The molecule has 1 aromatic carbocycles. The number of anilines is 1.